The zero-order valence-corrected chi connectivity index (χ0v) is 21.9. The van der Waals surface area contributed by atoms with Crippen LogP contribution in [0.15, 0.2) is 72.1 Å². The van der Waals surface area contributed by atoms with Crippen molar-refractivity contribution < 1.29 is 32.9 Å². The molecule has 202 valence electrons. The molecule has 0 spiro atoms. The molecule has 1 unspecified atom stereocenters. The maximum Gasteiger partial charge on any atom is 0.349 e. The fourth-order valence-corrected chi connectivity index (χ4v) is 4.06. The Balaban J connectivity index is 1.54. The molecule has 0 saturated carbocycles. The van der Waals surface area contributed by atoms with Gasteiger partial charge in [-0.1, -0.05) is 26.0 Å². The largest absolute Gasteiger partial charge is 0.493 e. The van der Waals surface area contributed by atoms with Crippen molar-refractivity contribution in [3.05, 3.63) is 89.1 Å². The van der Waals surface area contributed by atoms with E-state index in [1.54, 1.807) is 19.2 Å². The average Bonchev–Trinajstić information content (AvgIpc) is 2.92. The first-order valence-electron chi connectivity index (χ1n) is 12.4. The monoisotopic (exact) mass is 532 g/mol. The maximum absolute atomic E-state index is 13.0. The van der Waals surface area contributed by atoms with Crippen LogP contribution in [0, 0.1) is 23.1 Å². The van der Waals surface area contributed by atoms with Crippen molar-refractivity contribution in [1.29, 1.82) is 5.26 Å². The van der Waals surface area contributed by atoms with Gasteiger partial charge in [0.05, 0.1) is 19.6 Å². The molecule has 1 aliphatic heterocycles. The second kappa shape index (κ2) is 12.2. The van der Waals surface area contributed by atoms with Gasteiger partial charge in [0, 0.05) is 11.6 Å². The lowest BCUT2D eigenvalue weighted by Crippen LogP contribution is -2.22. The molecule has 0 radical (unpaired) electrons. The van der Waals surface area contributed by atoms with Crippen molar-refractivity contribution in [2.45, 2.75) is 26.2 Å². The number of nitriles is 1. The van der Waals surface area contributed by atoms with Gasteiger partial charge in [-0.2, -0.15) is 5.26 Å². The summed E-state index contributed by atoms with van der Waals surface area (Å²) in [6, 6.07) is 17.8. The number of methoxy groups -OCH3 is 1. The number of rotatable bonds is 10. The van der Waals surface area contributed by atoms with Gasteiger partial charge in [-0.05, 0) is 60.4 Å². The molecular formula is C30H29FN2O6. The highest BCUT2D eigenvalue weighted by molar-refractivity contribution is 5.74. The second-order valence-corrected chi connectivity index (χ2v) is 9.28. The minimum Gasteiger partial charge on any atom is -0.493 e. The molecule has 3 aromatic carbocycles. The number of carbonyl (C=O) groups excluding carboxylic acids is 1. The van der Waals surface area contributed by atoms with Crippen LogP contribution in [-0.4, -0.2) is 26.3 Å². The Bertz CT molecular complexity index is 1410. The van der Waals surface area contributed by atoms with Crippen LogP contribution in [0.25, 0.3) is 0 Å². The first-order chi connectivity index (χ1) is 18.8. The predicted molar refractivity (Wildman–Crippen MR) is 141 cm³/mol. The van der Waals surface area contributed by atoms with Gasteiger partial charge in [-0.3, -0.25) is 0 Å². The van der Waals surface area contributed by atoms with Crippen molar-refractivity contribution in [3.8, 4) is 34.8 Å². The summed E-state index contributed by atoms with van der Waals surface area (Å²) < 4.78 is 41.0. The number of nitrogens with zero attached hydrogens (tertiary/aromatic N) is 1. The topological polar surface area (TPSA) is 113 Å². The van der Waals surface area contributed by atoms with Gasteiger partial charge < -0.3 is 29.4 Å². The summed E-state index contributed by atoms with van der Waals surface area (Å²) in [4.78, 5) is 12.3. The Labute approximate surface area is 226 Å². The molecule has 2 N–H and O–H groups in total. The number of nitrogens with two attached hydrogens (primary N) is 1. The van der Waals surface area contributed by atoms with Crippen LogP contribution in [0.5, 0.6) is 28.7 Å². The van der Waals surface area contributed by atoms with Crippen LogP contribution in [0.2, 0.25) is 0 Å². The number of halogens is 1. The molecule has 4 rings (SSSR count). The number of allylic oxidation sites excluding steroid dienone is 1. The van der Waals surface area contributed by atoms with Gasteiger partial charge in [0.1, 0.15) is 34.7 Å². The normalized spacial score (nSPS) is 14.2. The number of hydrogen-bond donors (Lipinski definition) is 1. The Morgan fingerprint density at radius 3 is 2.49 bits per heavy atom. The van der Waals surface area contributed by atoms with E-state index in [4.69, 9.17) is 29.4 Å². The molecule has 0 saturated heterocycles. The number of ether oxygens (including phenoxy) is 5. The summed E-state index contributed by atoms with van der Waals surface area (Å²) in [5.41, 5.74) is 7.79. The van der Waals surface area contributed by atoms with Crippen molar-refractivity contribution in [3.63, 3.8) is 0 Å². The van der Waals surface area contributed by atoms with Crippen LogP contribution < -0.4 is 29.4 Å². The maximum atomic E-state index is 13.0. The third-order valence-corrected chi connectivity index (χ3v) is 6.07. The quantitative estimate of drug-likeness (QED) is 0.271. The van der Waals surface area contributed by atoms with E-state index in [-0.39, 0.29) is 23.8 Å². The summed E-state index contributed by atoms with van der Waals surface area (Å²) in [5, 5.41) is 9.88. The molecule has 39 heavy (non-hydrogen) atoms. The lowest BCUT2D eigenvalue weighted by molar-refractivity contribution is -0.136. The van der Waals surface area contributed by atoms with E-state index >= 15 is 0 Å². The molecule has 0 amide bonds. The summed E-state index contributed by atoms with van der Waals surface area (Å²) >= 11 is 0. The SMILES string of the molecule is COc1cc(C2C(C#N)=C(N)Oc3cc(OC(=O)COc4ccc(F)cc4)ccc32)ccc1OCCC(C)C. The van der Waals surface area contributed by atoms with Gasteiger partial charge in [-0.15, -0.1) is 0 Å². The highest BCUT2D eigenvalue weighted by Crippen LogP contribution is 2.45. The summed E-state index contributed by atoms with van der Waals surface area (Å²) in [5.74, 6) is 0.878. The second-order valence-electron chi connectivity index (χ2n) is 9.28. The number of fused-ring (bicyclic) bond motifs is 1. The van der Waals surface area contributed by atoms with E-state index in [0.29, 0.717) is 41.1 Å². The van der Waals surface area contributed by atoms with Crippen molar-refractivity contribution in [2.75, 3.05) is 20.3 Å². The number of hydrogen-bond acceptors (Lipinski definition) is 8. The Kier molecular flexibility index (Phi) is 8.56. The van der Waals surface area contributed by atoms with E-state index in [2.05, 4.69) is 19.9 Å². The molecule has 0 bridgehead atoms. The van der Waals surface area contributed by atoms with Crippen molar-refractivity contribution in [1.82, 2.24) is 0 Å². The summed E-state index contributed by atoms with van der Waals surface area (Å²) in [7, 11) is 1.56. The van der Waals surface area contributed by atoms with Crippen LogP contribution in [0.3, 0.4) is 0 Å². The zero-order valence-electron chi connectivity index (χ0n) is 21.9. The van der Waals surface area contributed by atoms with Crippen LogP contribution in [0.4, 0.5) is 4.39 Å². The predicted octanol–water partition coefficient (Wildman–Crippen LogP) is 5.46. The van der Waals surface area contributed by atoms with Crippen LogP contribution >= 0.6 is 0 Å². The molecule has 0 fully saturated rings. The van der Waals surface area contributed by atoms with E-state index in [1.807, 2.05) is 18.2 Å². The van der Waals surface area contributed by atoms with Crippen molar-refractivity contribution >= 4 is 5.97 Å². The van der Waals surface area contributed by atoms with Crippen LogP contribution in [0.1, 0.15) is 37.3 Å². The number of carbonyl (C=O) groups is 1. The van der Waals surface area contributed by atoms with Gasteiger partial charge in [0.15, 0.2) is 18.1 Å². The molecule has 1 heterocycles. The molecule has 9 heteroatoms. The van der Waals surface area contributed by atoms with E-state index < -0.39 is 17.7 Å². The van der Waals surface area contributed by atoms with E-state index in [0.717, 1.165) is 12.0 Å². The zero-order chi connectivity index (χ0) is 27.9. The number of esters is 1. The van der Waals surface area contributed by atoms with E-state index in [9.17, 15) is 14.4 Å². The Morgan fingerprint density at radius 1 is 1.05 bits per heavy atom. The average molecular weight is 533 g/mol. The molecule has 8 nitrogen and oxygen atoms in total. The third-order valence-electron chi connectivity index (χ3n) is 6.07. The Morgan fingerprint density at radius 2 is 1.79 bits per heavy atom. The van der Waals surface area contributed by atoms with Crippen molar-refractivity contribution in [2.24, 2.45) is 11.7 Å². The first-order valence-corrected chi connectivity index (χ1v) is 12.4. The highest BCUT2D eigenvalue weighted by atomic mass is 19.1. The molecule has 1 atom stereocenters. The molecule has 0 aromatic heterocycles. The van der Waals surface area contributed by atoms with Gasteiger partial charge in [-0.25, -0.2) is 9.18 Å². The smallest absolute Gasteiger partial charge is 0.349 e. The lowest BCUT2D eigenvalue weighted by atomic mass is 9.83. The Hall–Kier alpha value is -4.71. The first kappa shape index (κ1) is 27.3. The fraction of sp³-hybridized carbons (Fsp3) is 0.267. The molecule has 1 aliphatic rings. The minimum absolute atomic E-state index is 0.0469. The highest BCUT2D eigenvalue weighted by Gasteiger charge is 2.31. The standard InChI is InChI=1S/C30H29FN2O6/c1-18(2)12-13-36-25-11-4-19(14-27(25)35-3)29-23-10-9-22(15-26(23)39-30(33)24(29)16-32)38-28(34)17-37-21-7-5-20(31)6-8-21/h4-11,14-15,18,29H,12-13,17,33H2,1-3H3. The third kappa shape index (κ3) is 6.60. The molecular weight excluding hydrogens is 503 g/mol. The van der Waals surface area contributed by atoms with Gasteiger partial charge in [0.2, 0.25) is 5.88 Å². The van der Waals surface area contributed by atoms with Gasteiger partial charge >= 0.3 is 5.97 Å². The van der Waals surface area contributed by atoms with Gasteiger partial charge in [0.25, 0.3) is 0 Å². The number of benzene rings is 3. The summed E-state index contributed by atoms with van der Waals surface area (Å²) in [6.45, 7) is 4.43. The molecule has 0 aliphatic carbocycles. The summed E-state index contributed by atoms with van der Waals surface area (Å²) in [6.07, 6.45) is 0.904. The van der Waals surface area contributed by atoms with Crippen LogP contribution in [-0.2, 0) is 4.79 Å². The fourth-order valence-electron chi connectivity index (χ4n) is 4.06. The minimum atomic E-state index is -0.661. The molecule has 3 aromatic rings. The van der Waals surface area contributed by atoms with E-state index in [1.165, 1.54) is 30.3 Å². The lowest BCUT2D eigenvalue weighted by Gasteiger charge is -2.27.